The van der Waals surface area contributed by atoms with Crippen molar-refractivity contribution >= 4 is 11.5 Å². The molecule has 2 aromatic heterocycles. The van der Waals surface area contributed by atoms with Crippen LogP contribution in [-0.4, -0.2) is 53.6 Å². The average molecular weight is 414 g/mol. The molecule has 31 heavy (non-hydrogen) atoms. The first-order valence-corrected chi connectivity index (χ1v) is 10.2. The number of ether oxygens (including phenoxy) is 1. The smallest absolute Gasteiger partial charge is 0.278 e. The van der Waals surface area contributed by atoms with Crippen molar-refractivity contribution in [2.45, 2.75) is 0 Å². The second-order valence-corrected chi connectivity index (χ2v) is 7.24. The maximum atomic E-state index is 5.39. The molecule has 0 saturated carbocycles. The van der Waals surface area contributed by atoms with Crippen molar-refractivity contribution in [1.29, 1.82) is 0 Å². The zero-order valence-electron chi connectivity index (χ0n) is 17.2. The summed E-state index contributed by atoms with van der Waals surface area (Å²) in [5.74, 6) is 2.48. The molecule has 0 unspecified atom stereocenters. The first-order chi connectivity index (χ1) is 15.3. The molecular weight excluding hydrogens is 392 g/mol. The van der Waals surface area contributed by atoms with E-state index in [1.807, 2.05) is 42.5 Å². The minimum absolute atomic E-state index is 0.346. The lowest BCUT2D eigenvalue weighted by Crippen LogP contribution is -2.46. The highest BCUT2D eigenvalue weighted by Gasteiger charge is 2.19. The fraction of sp³-hybridized carbons (Fsp3) is 0.217. The number of hydrogen-bond acceptors (Lipinski definition) is 8. The quantitative estimate of drug-likeness (QED) is 0.491. The molecule has 1 aliphatic rings. The summed E-state index contributed by atoms with van der Waals surface area (Å²) >= 11 is 0. The molecule has 0 spiro atoms. The van der Waals surface area contributed by atoms with E-state index in [1.165, 1.54) is 5.69 Å². The second-order valence-electron chi connectivity index (χ2n) is 7.24. The van der Waals surface area contributed by atoms with Crippen LogP contribution in [-0.2, 0) is 0 Å². The Morgan fingerprint density at radius 3 is 2.23 bits per heavy atom. The summed E-state index contributed by atoms with van der Waals surface area (Å²) < 4.78 is 10.6. The molecule has 4 aromatic rings. The zero-order valence-corrected chi connectivity index (χ0v) is 17.2. The molecule has 0 amide bonds. The van der Waals surface area contributed by atoms with E-state index in [-0.39, 0.29) is 0 Å². The third kappa shape index (κ3) is 4.05. The highest BCUT2D eigenvalue weighted by Crippen LogP contribution is 2.24. The van der Waals surface area contributed by atoms with Crippen LogP contribution in [0.4, 0.5) is 11.5 Å². The van der Waals surface area contributed by atoms with Crippen LogP contribution in [0.3, 0.4) is 0 Å². The van der Waals surface area contributed by atoms with Crippen LogP contribution in [0.25, 0.3) is 23.0 Å². The Kier molecular flexibility index (Phi) is 5.18. The monoisotopic (exact) mass is 414 g/mol. The van der Waals surface area contributed by atoms with Gasteiger partial charge in [-0.3, -0.25) is 0 Å². The van der Waals surface area contributed by atoms with Crippen molar-refractivity contribution in [3.63, 3.8) is 0 Å². The predicted octanol–water partition coefficient (Wildman–Crippen LogP) is 3.53. The molecule has 0 radical (unpaired) electrons. The highest BCUT2D eigenvalue weighted by atomic mass is 16.5. The minimum Gasteiger partial charge on any atom is -0.497 e. The number of hydrogen-bond donors (Lipinski definition) is 0. The van der Waals surface area contributed by atoms with E-state index in [1.54, 1.807) is 7.11 Å². The van der Waals surface area contributed by atoms with Crippen LogP contribution in [0.15, 0.2) is 71.3 Å². The summed E-state index contributed by atoms with van der Waals surface area (Å²) in [4.78, 5) is 9.08. The van der Waals surface area contributed by atoms with E-state index in [0.29, 0.717) is 17.4 Å². The van der Waals surface area contributed by atoms with Gasteiger partial charge >= 0.3 is 0 Å². The summed E-state index contributed by atoms with van der Waals surface area (Å²) in [6.45, 7) is 3.68. The average Bonchev–Trinajstić information content (AvgIpc) is 3.35. The van der Waals surface area contributed by atoms with E-state index in [4.69, 9.17) is 9.26 Å². The molecule has 0 N–H and O–H groups in total. The lowest BCUT2D eigenvalue weighted by Gasteiger charge is -2.36. The van der Waals surface area contributed by atoms with Gasteiger partial charge in [0.05, 0.1) is 7.11 Å². The second kappa shape index (κ2) is 8.43. The molecule has 1 saturated heterocycles. The Labute approximate surface area is 180 Å². The van der Waals surface area contributed by atoms with Crippen LogP contribution in [0.2, 0.25) is 0 Å². The molecule has 0 bridgehead atoms. The first kappa shape index (κ1) is 19.0. The standard InChI is InChI=1S/C23H22N6O2/c1-30-19-9-7-17(8-10-19)22-24-23(31-27-22)20-11-12-21(26-25-20)29-15-13-28(14-16-29)18-5-3-2-4-6-18/h2-12H,13-16H2,1H3. The van der Waals surface area contributed by atoms with Crippen molar-refractivity contribution in [1.82, 2.24) is 20.3 Å². The molecule has 8 heteroatoms. The van der Waals surface area contributed by atoms with Gasteiger partial charge in [0.25, 0.3) is 5.89 Å². The summed E-state index contributed by atoms with van der Waals surface area (Å²) in [7, 11) is 1.63. The predicted molar refractivity (Wildman–Crippen MR) is 118 cm³/mol. The largest absolute Gasteiger partial charge is 0.497 e. The summed E-state index contributed by atoms with van der Waals surface area (Å²) in [5, 5.41) is 12.8. The highest BCUT2D eigenvalue weighted by molar-refractivity contribution is 5.59. The molecule has 1 fully saturated rings. The van der Waals surface area contributed by atoms with Gasteiger partial charge in [0.2, 0.25) is 5.82 Å². The topological polar surface area (TPSA) is 80.4 Å². The minimum atomic E-state index is 0.346. The third-order valence-electron chi connectivity index (χ3n) is 5.37. The van der Waals surface area contributed by atoms with E-state index in [9.17, 15) is 0 Å². The van der Waals surface area contributed by atoms with Gasteiger partial charge in [-0.2, -0.15) is 4.98 Å². The Balaban J connectivity index is 1.25. The summed E-state index contributed by atoms with van der Waals surface area (Å²) in [6, 6.07) is 21.8. The van der Waals surface area contributed by atoms with Gasteiger partial charge in [-0.15, -0.1) is 10.2 Å². The maximum absolute atomic E-state index is 5.39. The number of methoxy groups -OCH3 is 1. The number of aromatic nitrogens is 4. The molecule has 5 rings (SSSR count). The Hall–Kier alpha value is -3.94. The number of nitrogens with zero attached hydrogens (tertiary/aromatic N) is 6. The molecule has 0 aliphatic carbocycles. The van der Waals surface area contributed by atoms with Gasteiger partial charge in [0.1, 0.15) is 5.75 Å². The first-order valence-electron chi connectivity index (χ1n) is 10.2. The number of benzene rings is 2. The molecule has 2 aromatic carbocycles. The van der Waals surface area contributed by atoms with Gasteiger partial charge in [0, 0.05) is 37.4 Å². The maximum Gasteiger partial charge on any atom is 0.278 e. The molecule has 0 atom stereocenters. The van der Waals surface area contributed by atoms with Crippen LogP contribution >= 0.6 is 0 Å². The van der Waals surface area contributed by atoms with Crippen molar-refractivity contribution in [2.75, 3.05) is 43.1 Å². The Bertz CT molecular complexity index is 1120. The number of piperazine rings is 1. The lowest BCUT2D eigenvalue weighted by molar-refractivity contribution is 0.414. The number of para-hydroxylation sites is 1. The van der Waals surface area contributed by atoms with Crippen molar-refractivity contribution in [2.24, 2.45) is 0 Å². The van der Waals surface area contributed by atoms with Crippen molar-refractivity contribution in [3.05, 3.63) is 66.7 Å². The van der Waals surface area contributed by atoms with Crippen molar-refractivity contribution < 1.29 is 9.26 Å². The van der Waals surface area contributed by atoms with E-state index >= 15 is 0 Å². The summed E-state index contributed by atoms with van der Waals surface area (Å²) in [5.41, 5.74) is 2.66. The third-order valence-corrected chi connectivity index (χ3v) is 5.37. The lowest BCUT2D eigenvalue weighted by atomic mass is 10.2. The van der Waals surface area contributed by atoms with Gasteiger partial charge < -0.3 is 19.1 Å². The van der Waals surface area contributed by atoms with Gasteiger partial charge in [0.15, 0.2) is 11.5 Å². The molecule has 8 nitrogen and oxygen atoms in total. The molecule has 3 heterocycles. The van der Waals surface area contributed by atoms with Crippen LogP contribution in [0.5, 0.6) is 5.75 Å². The molecular formula is C23H22N6O2. The van der Waals surface area contributed by atoms with E-state index in [0.717, 1.165) is 43.3 Å². The van der Waals surface area contributed by atoms with Gasteiger partial charge in [-0.1, -0.05) is 23.4 Å². The summed E-state index contributed by atoms with van der Waals surface area (Å²) in [6.07, 6.45) is 0. The Morgan fingerprint density at radius 2 is 1.55 bits per heavy atom. The number of rotatable bonds is 5. The van der Waals surface area contributed by atoms with Crippen molar-refractivity contribution in [3.8, 4) is 28.7 Å². The van der Waals surface area contributed by atoms with Gasteiger partial charge in [-0.25, -0.2) is 0 Å². The number of anilines is 2. The fourth-order valence-electron chi connectivity index (χ4n) is 3.63. The Morgan fingerprint density at radius 1 is 0.806 bits per heavy atom. The SMILES string of the molecule is COc1ccc(-c2noc(-c3ccc(N4CCN(c5ccccc5)CC4)nn3)n2)cc1. The van der Waals surface area contributed by atoms with Crippen LogP contribution in [0.1, 0.15) is 0 Å². The van der Waals surface area contributed by atoms with Gasteiger partial charge in [-0.05, 0) is 48.5 Å². The van der Waals surface area contributed by atoms with E-state index in [2.05, 4.69) is 54.4 Å². The van der Waals surface area contributed by atoms with E-state index < -0.39 is 0 Å². The molecule has 156 valence electrons. The zero-order chi connectivity index (χ0) is 21.0. The normalized spacial score (nSPS) is 14.0. The van der Waals surface area contributed by atoms with Crippen LogP contribution < -0.4 is 14.5 Å². The fourth-order valence-corrected chi connectivity index (χ4v) is 3.63. The van der Waals surface area contributed by atoms with Crippen LogP contribution in [0, 0.1) is 0 Å². The molecule has 1 aliphatic heterocycles.